The van der Waals surface area contributed by atoms with Crippen molar-refractivity contribution in [2.24, 2.45) is 0 Å². The molecule has 0 aliphatic carbocycles. The first kappa shape index (κ1) is 56.8. The van der Waals surface area contributed by atoms with Crippen molar-refractivity contribution < 1.29 is 42.1 Å². The summed E-state index contributed by atoms with van der Waals surface area (Å²) < 4.78 is 34.3. The highest BCUT2D eigenvalue weighted by molar-refractivity contribution is 7.47. The third kappa shape index (κ3) is 44.3. The lowest BCUT2D eigenvalue weighted by Crippen LogP contribution is -2.37. The van der Waals surface area contributed by atoms with E-state index in [1.807, 2.05) is 21.1 Å². The smallest absolute Gasteiger partial charge is 0.462 e. The number of rotatable bonds is 45. The van der Waals surface area contributed by atoms with Gasteiger partial charge >= 0.3 is 19.8 Å². The molecule has 0 aromatic heterocycles. The number of quaternary nitrogens is 1. The highest BCUT2D eigenvalue weighted by Crippen LogP contribution is 2.43. The average Bonchev–Trinajstić information content (AvgIpc) is 3.17. The second kappa shape index (κ2) is 41.1. The van der Waals surface area contributed by atoms with Crippen LogP contribution >= 0.6 is 7.82 Å². The number of ether oxygens (including phenoxy) is 2. The molecule has 0 bridgehead atoms. The quantitative estimate of drug-likeness (QED) is 0.0212. The first-order chi connectivity index (χ1) is 28.0. The molecule has 2 unspecified atom stereocenters. The third-order valence-corrected chi connectivity index (χ3v) is 11.8. The Morgan fingerprint density at radius 1 is 0.517 bits per heavy atom. The molecule has 0 fully saturated rings. The lowest BCUT2D eigenvalue weighted by atomic mass is 10.0. The molecule has 0 amide bonds. The van der Waals surface area contributed by atoms with E-state index in [-0.39, 0.29) is 25.6 Å². The number of unbranched alkanes of at least 4 members (excludes halogenated alkanes) is 29. The predicted molar refractivity (Wildman–Crippen MR) is 243 cm³/mol. The summed E-state index contributed by atoms with van der Waals surface area (Å²) in [6, 6.07) is 0. The molecule has 344 valence electrons. The van der Waals surface area contributed by atoms with Gasteiger partial charge in [0.1, 0.15) is 19.8 Å². The van der Waals surface area contributed by atoms with Crippen LogP contribution in [0.3, 0.4) is 0 Å². The normalized spacial score (nSPS) is 13.6. The number of nitrogens with zero attached hydrogens (tertiary/aromatic N) is 1. The van der Waals surface area contributed by atoms with E-state index in [0.717, 1.165) is 57.8 Å². The molecule has 1 N–H and O–H groups in total. The van der Waals surface area contributed by atoms with Crippen LogP contribution in [0, 0.1) is 0 Å². The Morgan fingerprint density at radius 2 is 0.897 bits per heavy atom. The van der Waals surface area contributed by atoms with Gasteiger partial charge in [0, 0.05) is 12.8 Å². The number of likely N-dealkylation sites (N-methyl/N-ethyl adjacent to an activating group) is 1. The largest absolute Gasteiger partial charge is 0.472 e. The van der Waals surface area contributed by atoms with Crippen LogP contribution in [0.4, 0.5) is 0 Å². The van der Waals surface area contributed by atoms with Gasteiger partial charge in [0.05, 0.1) is 27.7 Å². The molecule has 0 rings (SSSR count). The summed E-state index contributed by atoms with van der Waals surface area (Å²) in [6.07, 6.45) is 44.2. The van der Waals surface area contributed by atoms with Crippen LogP contribution in [0.5, 0.6) is 0 Å². The van der Waals surface area contributed by atoms with Crippen molar-refractivity contribution in [1.82, 2.24) is 0 Å². The topological polar surface area (TPSA) is 108 Å². The minimum atomic E-state index is -4.37. The minimum Gasteiger partial charge on any atom is -0.462 e. The van der Waals surface area contributed by atoms with Crippen molar-refractivity contribution in [3.05, 3.63) is 12.2 Å². The van der Waals surface area contributed by atoms with E-state index in [2.05, 4.69) is 26.0 Å². The Hall–Kier alpha value is -1.25. The van der Waals surface area contributed by atoms with Crippen LogP contribution in [0.15, 0.2) is 12.2 Å². The Balaban J connectivity index is 4.12. The van der Waals surface area contributed by atoms with Crippen molar-refractivity contribution >= 4 is 19.8 Å². The standard InChI is InChI=1S/C48H94NO8P/c1-6-8-10-12-14-16-18-19-20-21-22-23-24-25-26-27-28-29-31-32-34-36-38-40-47(50)54-44-46(45-56-58(52,53)55-43-42-49(3,4)5)57-48(51)41-39-37-35-33-30-17-15-13-11-9-7-2/h13,15,46H,6-12,14,16-45H2,1-5H3/p+1/b15-13-. The summed E-state index contributed by atoms with van der Waals surface area (Å²) in [6.45, 7) is 4.41. The number of carbonyl (C=O) groups is 2. The zero-order chi connectivity index (χ0) is 42.8. The van der Waals surface area contributed by atoms with E-state index in [9.17, 15) is 19.0 Å². The van der Waals surface area contributed by atoms with Crippen LogP contribution in [-0.2, 0) is 32.7 Å². The molecule has 0 spiro atoms. The van der Waals surface area contributed by atoms with Gasteiger partial charge < -0.3 is 18.9 Å². The molecule has 0 aliphatic heterocycles. The highest BCUT2D eigenvalue weighted by Gasteiger charge is 2.27. The van der Waals surface area contributed by atoms with Gasteiger partial charge in [-0.25, -0.2) is 4.57 Å². The number of carbonyl (C=O) groups excluding carboxylic acids is 2. The molecule has 0 aliphatic rings. The lowest BCUT2D eigenvalue weighted by Gasteiger charge is -2.24. The van der Waals surface area contributed by atoms with Gasteiger partial charge in [0.15, 0.2) is 6.10 Å². The fourth-order valence-electron chi connectivity index (χ4n) is 6.94. The van der Waals surface area contributed by atoms with Crippen molar-refractivity contribution in [2.75, 3.05) is 47.5 Å². The van der Waals surface area contributed by atoms with E-state index < -0.39 is 26.5 Å². The second-order valence-corrected chi connectivity index (χ2v) is 19.3. The molecule has 58 heavy (non-hydrogen) atoms. The lowest BCUT2D eigenvalue weighted by molar-refractivity contribution is -0.870. The van der Waals surface area contributed by atoms with Gasteiger partial charge in [-0.15, -0.1) is 0 Å². The van der Waals surface area contributed by atoms with E-state index >= 15 is 0 Å². The van der Waals surface area contributed by atoms with Crippen LogP contribution in [0.25, 0.3) is 0 Å². The Morgan fingerprint density at radius 3 is 1.33 bits per heavy atom. The molecule has 10 heteroatoms. The molecular formula is C48H95NO8P+. The second-order valence-electron chi connectivity index (χ2n) is 17.9. The van der Waals surface area contributed by atoms with Gasteiger partial charge in [0.25, 0.3) is 0 Å². The Bertz CT molecular complexity index is 1000. The van der Waals surface area contributed by atoms with Crippen LogP contribution < -0.4 is 0 Å². The van der Waals surface area contributed by atoms with Gasteiger partial charge in [-0.05, 0) is 32.1 Å². The maximum absolute atomic E-state index is 12.7. The predicted octanol–water partition coefficient (Wildman–Crippen LogP) is 14.1. The number of esters is 2. The highest BCUT2D eigenvalue weighted by atomic mass is 31.2. The van der Waals surface area contributed by atoms with Gasteiger partial charge in [-0.1, -0.05) is 199 Å². The zero-order valence-corrected chi connectivity index (χ0v) is 39.7. The zero-order valence-electron chi connectivity index (χ0n) is 38.8. The molecule has 0 aromatic carbocycles. The van der Waals surface area contributed by atoms with Crippen molar-refractivity contribution in [3.8, 4) is 0 Å². The van der Waals surface area contributed by atoms with Crippen molar-refractivity contribution in [2.45, 2.75) is 238 Å². The van der Waals surface area contributed by atoms with Crippen LogP contribution in [-0.4, -0.2) is 74.9 Å². The Kier molecular flexibility index (Phi) is 40.2. The third-order valence-electron chi connectivity index (χ3n) is 10.8. The molecule has 0 saturated heterocycles. The number of hydrogen-bond acceptors (Lipinski definition) is 7. The maximum atomic E-state index is 12.7. The SMILES string of the molecule is CCCC/C=C\CCCCCCCC(=O)OC(COC(=O)CCCCCCCCCCCCCCCCCCCCCCCCC)COP(=O)(O)OCC[N+](C)(C)C. The van der Waals surface area contributed by atoms with Crippen molar-refractivity contribution in [3.63, 3.8) is 0 Å². The monoisotopic (exact) mass is 845 g/mol. The summed E-state index contributed by atoms with van der Waals surface area (Å²) in [4.78, 5) is 35.4. The summed E-state index contributed by atoms with van der Waals surface area (Å²) in [5, 5.41) is 0. The summed E-state index contributed by atoms with van der Waals surface area (Å²) in [5.41, 5.74) is 0. The molecule has 0 aromatic rings. The molecule has 9 nitrogen and oxygen atoms in total. The number of phosphoric ester groups is 1. The maximum Gasteiger partial charge on any atom is 0.472 e. The van der Waals surface area contributed by atoms with Gasteiger partial charge in [0.2, 0.25) is 0 Å². The molecular weight excluding hydrogens is 750 g/mol. The van der Waals surface area contributed by atoms with Gasteiger partial charge in [-0.2, -0.15) is 0 Å². The number of hydrogen-bond donors (Lipinski definition) is 1. The fraction of sp³-hybridized carbons (Fsp3) is 0.917. The average molecular weight is 845 g/mol. The van der Waals surface area contributed by atoms with E-state index in [4.69, 9.17) is 18.5 Å². The first-order valence-corrected chi connectivity index (χ1v) is 25.9. The van der Waals surface area contributed by atoms with Crippen LogP contribution in [0.1, 0.15) is 232 Å². The first-order valence-electron chi connectivity index (χ1n) is 24.4. The minimum absolute atomic E-state index is 0.0332. The van der Waals surface area contributed by atoms with Crippen LogP contribution in [0.2, 0.25) is 0 Å². The number of allylic oxidation sites excluding steroid dienone is 2. The fourth-order valence-corrected chi connectivity index (χ4v) is 7.68. The summed E-state index contributed by atoms with van der Waals surface area (Å²) in [7, 11) is 1.48. The molecule has 2 atom stereocenters. The van der Waals surface area contributed by atoms with E-state index in [0.29, 0.717) is 23.9 Å². The molecule has 0 heterocycles. The van der Waals surface area contributed by atoms with Gasteiger partial charge in [-0.3, -0.25) is 18.6 Å². The summed E-state index contributed by atoms with van der Waals surface area (Å²) >= 11 is 0. The Labute approximate surface area is 358 Å². The van der Waals surface area contributed by atoms with E-state index in [1.54, 1.807) is 0 Å². The molecule has 0 saturated carbocycles. The molecule has 0 radical (unpaired) electrons. The van der Waals surface area contributed by atoms with E-state index in [1.165, 1.54) is 141 Å². The number of phosphoric acid groups is 1. The van der Waals surface area contributed by atoms with Crippen molar-refractivity contribution in [1.29, 1.82) is 0 Å². The summed E-state index contributed by atoms with van der Waals surface area (Å²) in [5.74, 6) is -0.798.